The highest BCUT2D eigenvalue weighted by atomic mass is 79.9. The van der Waals surface area contributed by atoms with E-state index in [1.165, 1.54) is 0 Å². The summed E-state index contributed by atoms with van der Waals surface area (Å²) >= 11 is 14.3. The molecule has 0 aliphatic carbocycles. The Bertz CT molecular complexity index is 336. The van der Waals surface area contributed by atoms with E-state index in [0.717, 1.165) is 10.0 Å². The fourth-order valence-electron chi connectivity index (χ4n) is 1.02. The molecule has 0 saturated carbocycles. The molecule has 0 atom stereocenters. The first-order valence-electron chi connectivity index (χ1n) is 3.61. The molecule has 0 heterocycles. The van der Waals surface area contributed by atoms with E-state index in [-0.39, 0.29) is 5.78 Å². The van der Waals surface area contributed by atoms with Crippen LogP contribution in [0.2, 0.25) is 0 Å². The van der Waals surface area contributed by atoms with Gasteiger partial charge in [-0.05, 0) is 30.7 Å². The standard InChI is InChI=1S/C9H7BrCl2O/c1-5-4-6(10)2-3-7(5)8(13)9(11)12/h2-4,9H,1H3. The first-order chi connectivity index (χ1) is 6.02. The zero-order valence-electron chi connectivity index (χ0n) is 6.85. The smallest absolute Gasteiger partial charge is 0.195 e. The summed E-state index contributed by atoms with van der Waals surface area (Å²) in [5.74, 6) is -0.256. The molecule has 1 aromatic rings. The van der Waals surface area contributed by atoms with E-state index in [2.05, 4.69) is 15.9 Å². The highest BCUT2D eigenvalue weighted by molar-refractivity contribution is 9.10. The van der Waals surface area contributed by atoms with Gasteiger partial charge >= 0.3 is 0 Å². The van der Waals surface area contributed by atoms with Gasteiger partial charge in [-0.1, -0.05) is 39.1 Å². The Labute approximate surface area is 95.2 Å². The second kappa shape index (κ2) is 4.45. The Morgan fingerprint density at radius 1 is 1.46 bits per heavy atom. The van der Waals surface area contributed by atoms with Gasteiger partial charge in [0.2, 0.25) is 0 Å². The molecule has 0 N–H and O–H groups in total. The molecule has 0 aliphatic heterocycles. The van der Waals surface area contributed by atoms with Gasteiger partial charge in [-0.25, -0.2) is 0 Å². The maximum absolute atomic E-state index is 11.4. The lowest BCUT2D eigenvalue weighted by atomic mass is 10.1. The minimum absolute atomic E-state index is 0.256. The molecule has 0 fully saturated rings. The van der Waals surface area contributed by atoms with Gasteiger partial charge in [-0.3, -0.25) is 4.79 Å². The molecule has 0 aromatic heterocycles. The molecule has 4 heteroatoms. The van der Waals surface area contributed by atoms with Crippen molar-refractivity contribution in [2.24, 2.45) is 0 Å². The van der Waals surface area contributed by atoms with E-state index < -0.39 is 4.84 Å². The molecule has 0 bridgehead atoms. The Hall–Kier alpha value is -0.0500. The summed E-state index contributed by atoms with van der Waals surface area (Å²) in [5, 5.41) is 0. The molecule has 1 aromatic carbocycles. The van der Waals surface area contributed by atoms with Crippen LogP contribution in [0.3, 0.4) is 0 Å². The van der Waals surface area contributed by atoms with Crippen LogP contribution >= 0.6 is 39.1 Å². The minimum atomic E-state index is -0.986. The second-order valence-corrected chi connectivity index (χ2v) is 4.64. The number of ketones is 1. The Morgan fingerprint density at radius 3 is 2.54 bits per heavy atom. The van der Waals surface area contributed by atoms with Gasteiger partial charge in [0.25, 0.3) is 0 Å². The van der Waals surface area contributed by atoms with Crippen molar-refractivity contribution >= 4 is 44.9 Å². The molecule has 0 aliphatic rings. The van der Waals surface area contributed by atoms with Gasteiger partial charge in [-0.15, -0.1) is 0 Å². The lowest BCUT2D eigenvalue weighted by Gasteiger charge is -2.05. The number of aryl methyl sites for hydroxylation is 1. The molecule has 0 spiro atoms. The number of halogens is 3. The molecule has 13 heavy (non-hydrogen) atoms. The SMILES string of the molecule is Cc1cc(Br)ccc1C(=O)C(Cl)Cl. The number of rotatable bonds is 2. The fraction of sp³-hybridized carbons (Fsp3) is 0.222. The quantitative estimate of drug-likeness (QED) is 0.596. The molecule has 0 amide bonds. The van der Waals surface area contributed by atoms with E-state index in [1.807, 2.05) is 13.0 Å². The molecular formula is C9H7BrCl2O. The van der Waals surface area contributed by atoms with Crippen LogP contribution in [0, 0.1) is 6.92 Å². The average molecular weight is 282 g/mol. The highest BCUT2D eigenvalue weighted by Gasteiger charge is 2.15. The fourth-order valence-corrected chi connectivity index (χ4v) is 1.73. The predicted octanol–water partition coefficient (Wildman–Crippen LogP) is 3.74. The number of hydrogen-bond acceptors (Lipinski definition) is 1. The van der Waals surface area contributed by atoms with Crippen molar-refractivity contribution < 1.29 is 4.79 Å². The number of benzene rings is 1. The van der Waals surface area contributed by atoms with Crippen molar-refractivity contribution in [1.29, 1.82) is 0 Å². The van der Waals surface area contributed by atoms with Crippen molar-refractivity contribution in [1.82, 2.24) is 0 Å². The third-order valence-electron chi connectivity index (χ3n) is 1.65. The number of carbonyl (C=O) groups excluding carboxylic acids is 1. The third-order valence-corrected chi connectivity index (χ3v) is 2.54. The molecule has 70 valence electrons. The normalized spacial score (nSPS) is 10.5. The van der Waals surface area contributed by atoms with Crippen LogP contribution in [0.5, 0.6) is 0 Å². The average Bonchev–Trinajstić information content (AvgIpc) is 2.03. The summed E-state index contributed by atoms with van der Waals surface area (Å²) in [6.45, 7) is 1.84. The highest BCUT2D eigenvalue weighted by Crippen LogP contribution is 2.19. The van der Waals surface area contributed by atoms with E-state index >= 15 is 0 Å². The number of alkyl halides is 2. The summed E-state index contributed by atoms with van der Waals surface area (Å²) in [7, 11) is 0. The van der Waals surface area contributed by atoms with Crippen molar-refractivity contribution in [3.8, 4) is 0 Å². The Balaban J connectivity index is 3.09. The summed E-state index contributed by atoms with van der Waals surface area (Å²) in [6, 6.07) is 5.35. The zero-order chi connectivity index (χ0) is 10.0. The summed E-state index contributed by atoms with van der Waals surface area (Å²) in [6.07, 6.45) is 0. The molecular weight excluding hydrogens is 275 g/mol. The number of Topliss-reactive ketones (excluding diaryl/α,β-unsaturated/α-hetero) is 1. The zero-order valence-corrected chi connectivity index (χ0v) is 9.95. The predicted molar refractivity (Wildman–Crippen MR) is 58.7 cm³/mol. The van der Waals surface area contributed by atoms with Crippen LogP contribution in [0.4, 0.5) is 0 Å². The van der Waals surface area contributed by atoms with E-state index in [1.54, 1.807) is 12.1 Å². The van der Waals surface area contributed by atoms with Crippen LogP contribution in [0.15, 0.2) is 22.7 Å². The van der Waals surface area contributed by atoms with Gasteiger partial charge in [0, 0.05) is 10.0 Å². The Kier molecular flexibility index (Phi) is 3.77. The van der Waals surface area contributed by atoms with Gasteiger partial charge < -0.3 is 0 Å². The minimum Gasteiger partial charge on any atom is -0.291 e. The lowest BCUT2D eigenvalue weighted by Crippen LogP contribution is -2.09. The lowest BCUT2D eigenvalue weighted by molar-refractivity contribution is 0.101. The van der Waals surface area contributed by atoms with E-state index in [9.17, 15) is 4.79 Å². The van der Waals surface area contributed by atoms with Crippen molar-refractivity contribution in [3.63, 3.8) is 0 Å². The first kappa shape index (κ1) is 11.0. The van der Waals surface area contributed by atoms with Gasteiger partial charge in [-0.2, -0.15) is 0 Å². The van der Waals surface area contributed by atoms with Gasteiger partial charge in [0.05, 0.1) is 0 Å². The largest absolute Gasteiger partial charge is 0.291 e. The number of hydrogen-bond donors (Lipinski definition) is 0. The molecule has 0 saturated heterocycles. The Morgan fingerprint density at radius 2 is 2.08 bits per heavy atom. The van der Waals surface area contributed by atoms with Crippen LogP contribution in [0.25, 0.3) is 0 Å². The molecule has 1 nitrogen and oxygen atoms in total. The van der Waals surface area contributed by atoms with Crippen LogP contribution < -0.4 is 0 Å². The summed E-state index contributed by atoms with van der Waals surface area (Å²) in [4.78, 5) is 10.4. The maximum Gasteiger partial charge on any atom is 0.195 e. The summed E-state index contributed by atoms with van der Waals surface area (Å²) in [5.41, 5.74) is 1.43. The van der Waals surface area contributed by atoms with E-state index in [0.29, 0.717) is 5.56 Å². The van der Waals surface area contributed by atoms with Crippen LogP contribution in [-0.4, -0.2) is 10.6 Å². The number of carbonyl (C=O) groups is 1. The monoisotopic (exact) mass is 280 g/mol. The third kappa shape index (κ3) is 2.70. The van der Waals surface area contributed by atoms with Gasteiger partial charge in [0.15, 0.2) is 10.6 Å². The molecule has 0 radical (unpaired) electrons. The maximum atomic E-state index is 11.4. The van der Waals surface area contributed by atoms with Crippen molar-refractivity contribution in [2.75, 3.05) is 0 Å². The second-order valence-electron chi connectivity index (χ2n) is 2.62. The van der Waals surface area contributed by atoms with Crippen molar-refractivity contribution in [3.05, 3.63) is 33.8 Å². The molecule has 0 unspecified atom stereocenters. The van der Waals surface area contributed by atoms with Crippen LogP contribution in [0.1, 0.15) is 15.9 Å². The topological polar surface area (TPSA) is 17.1 Å². The van der Waals surface area contributed by atoms with Crippen molar-refractivity contribution in [2.45, 2.75) is 11.8 Å². The van der Waals surface area contributed by atoms with E-state index in [4.69, 9.17) is 23.2 Å². The summed E-state index contributed by atoms with van der Waals surface area (Å²) < 4.78 is 0.933. The van der Waals surface area contributed by atoms with Gasteiger partial charge in [0.1, 0.15) is 0 Å². The van der Waals surface area contributed by atoms with Crippen LogP contribution in [-0.2, 0) is 0 Å². The first-order valence-corrected chi connectivity index (χ1v) is 5.27. The molecule has 1 rings (SSSR count).